The number of rotatable bonds is 3. The minimum Gasteiger partial charge on any atom is -0.291 e. The van der Waals surface area contributed by atoms with Crippen molar-refractivity contribution in [2.24, 2.45) is 5.92 Å². The number of nitrogens with zero attached hydrogens (tertiary/aromatic N) is 2. The van der Waals surface area contributed by atoms with Crippen LogP contribution in [0.25, 0.3) is 11.3 Å². The smallest absolute Gasteiger partial charge is 0.231 e. The molecule has 0 spiro atoms. The molecule has 1 fully saturated rings. The van der Waals surface area contributed by atoms with E-state index in [4.69, 9.17) is 0 Å². The van der Waals surface area contributed by atoms with Gasteiger partial charge in [-0.2, -0.15) is 0 Å². The van der Waals surface area contributed by atoms with Crippen LogP contribution in [0.1, 0.15) is 12.8 Å². The summed E-state index contributed by atoms with van der Waals surface area (Å²) in [4.78, 5) is 18.2. The maximum Gasteiger partial charge on any atom is 0.231 e. The molecule has 1 amide bonds. The van der Waals surface area contributed by atoms with Crippen molar-refractivity contribution in [3.05, 3.63) is 35.7 Å². The van der Waals surface area contributed by atoms with Gasteiger partial charge in [0.2, 0.25) is 5.91 Å². The van der Waals surface area contributed by atoms with Gasteiger partial charge in [0.05, 0.1) is 5.69 Å². The van der Waals surface area contributed by atoms with Crippen molar-refractivity contribution in [1.29, 1.82) is 0 Å². The van der Waals surface area contributed by atoms with Gasteiger partial charge in [-0.3, -0.25) is 9.69 Å². The summed E-state index contributed by atoms with van der Waals surface area (Å²) in [6.45, 7) is 0. The molecule has 92 valence electrons. The zero-order chi connectivity index (χ0) is 12.5. The lowest BCUT2D eigenvalue weighted by atomic mass is 10.2. The number of anilines is 1. The molecule has 0 radical (unpaired) electrons. The average molecular weight is 258 g/mol. The number of aromatic nitrogens is 1. The molecule has 1 aromatic carbocycles. The van der Waals surface area contributed by atoms with E-state index in [0.29, 0.717) is 0 Å². The summed E-state index contributed by atoms with van der Waals surface area (Å²) in [7, 11) is 1.81. The van der Waals surface area contributed by atoms with Crippen LogP contribution in [0.15, 0.2) is 35.7 Å². The molecule has 3 rings (SSSR count). The van der Waals surface area contributed by atoms with E-state index in [9.17, 15) is 4.79 Å². The SMILES string of the molecule is CN(C(=O)C1CC1)c1nc(-c2ccccc2)cs1. The Bertz CT molecular complexity index is 560. The highest BCUT2D eigenvalue weighted by Gasteiger charge is 2.33. The summed E-state index contributed by atoms with van der Waals surface area (Å²) in [6, 6.07) is 10.0. The number of carbonyl (C=O) groups is 1. The second-order valence-electron chi connectivity index (χ2n) is 4.55. The van der Waals surface area contributed by atoms with Gasteiger partial charge in [0, 0.05) is 23.9 Å². The average Bonchev–Trinajstić information content (AvgIpc) is 3.15. The van der Waals surface area contributed by atoms with Crippen LogP contribution in [0.4, 0.5) is 5.13 Å². The van der Waals surface area contributed by atoms with E-state index in [1.54, 1.807) is 4.90 Å². The first-order valence-electron chi connectivity index (χ1n) is 6.04. The normalized spacial score (nSPS) is 14.5. The molecule has 0 bridgehead atoms. The highest BCUT2D eigenvalue weighted by atomic mass is 32.1. The number of carbonyl (C=O) groups excluding carboxylic acids is 1. The van der Waals surface area contributed by atoms with Crippen molar-refractivity contribution in [3.63, 3.8) is 0 Å². The van der Waals surface area contributed by atoms with Crippen molar-refractivity contribution in [2.45, 2.75) is 12.8 Å². The van der Waals surface area contributed by atoms with Crippen LogP contribution >= 0.6 is 11.3 Å². The van der Waals surface area contributed by atoms with E-state index in [2.05, 4.69) is 4.98 Å². The van der Waals surface area contributed by atoms with Gasteiger partial charge in [-0.15, -0.1) is 11.3 Å². The Balaban J connectivity index is 1.83. The van der Waals surface area contributed by atoms with E-state index < -0.39 is 0 Å². The lowest BCUT2D eigenvalue weighted by Gasteiger charge is -2.12. The Morgan fingerprint density at radius 3 is 2.72 bits per heavy atom. The van der Waals surface area contributed by atoms with Crippen LogP contribution < -0.4 is 4.90 Å². The minimum atomic E-state index is 0.198. The molecular formula is C14H14N2OS. The van der Waals surface area contributed by atoms with Crippen LogP contribution in [0.5, 0.6) is 0 Å². The molecule has 0 N–H and O–H groups in total. The summed E-state index contributed by atoms with van der Waals surface area (Å²) in [5.41, 5.74) is 2.03. The number of thiazole rings is 1. The highest BCUT2D eigenvalue weighted by Crippen LogP contribution is 2.34. The highest BCUT2D eigenvalue weighted by molar-refractivity contribution is 7.14. The molecule has 1 saturated carbocycles. The Morgan fingerprint density at radius 2 is 2.06 bits per heavy atom. The van der Waals surface area contributed by atoms with Crippen molar-refractivity contribution in [3.8, 4) is 11.3 Å². The predicted molar refractivity (Wildman–Crippen MR) is 73.7 cm³/mol. The topological polar surface area (TPSA) is 33.2 Å². The molecule has 1 aromatic heterocycles. The van der Waals surface area contributed by atoms with E-state index in [1.165, 1.54) is 11.3 Å². The lowest BCUT2D eigenvalue weighted by Crippen LogP contribution is -2.27. The molecule has 1 aliphatic rings. The van der Waals surface area contributed by atoms with Gasteiger partial charge in [0.15, 0.2) is 5.13 Å². The van der Waals surface area contributed by atoms with Crippen molar-refractivity contribution in [1.82, 2.24) is 4.98 Å². The first kappa shape index (κ1) is 11.4. The molecule has 0 saturated heterocycles. The van der Waals surface area contributed by atoms with Crippen molar-refractivity contribution >= 4 is 22.4 Å². The molecule has 0 atom stereocenters. The van der Waals surface area contributed by atoms with E-state index >= 15 is 0 Å². The maximum absolute atomic E-state index is 11.9. The molecule has 4 heteroatoms. The fourth-order valence-corrected chi connectivity index (χ4v) is 2.66. The second kappa shape index (κ2) is 4.53. The lowest BCUT2D eigenvalue weighted by molar-refractivity contribution is -0.119. The Kier molecular flexibility index (Phi) is 2.88. The zero-order valence-electron chi connectivity index (χ0n) is 10.2. The van der Waals surface area contributed by atoms with Gasteiger partial charge in [-0.25, -0.2) is 4.98 Å². The van der Waals surface area contributed by atoms with Gasteiger partial charge < -0.3 is 0 Å². The monoisotopic (exact) mass is 258 g/mol. The third kappa shape index (κ3) is 2.16. The number of hydrogen-bond acceptors (Lipinski definition) is 3. The summed E-state index contributed by atoms with van der Waals surface area (Å²) in [5, 5.41) is 2.78. The molecular weight excluding hydrogens is 244 g/mol. The summed E-state index contributed by atoms with van der Waals surface area (Å²) >= 11 is 1.52. The van der Waals surface area contributed by atoms with Crippen LogP contribution in [-0.4, -0.2) is 17.9 Å². The van der Waals surface area contributed by atoms with Crippen LogP contribution in [0, 0.1) is 5.92 Å². The van der Waals surface area contributed by atoms with Gasteiger partial charge >= 0.3 is 0 Å². The van der Waals surface area contributed by atoms with Crippen LogP contribution in [-0.2, 0) is 4.79 Å². The molecule has 0 unspecified atom stereocenters. The fraction of sp³-hybridized carbons (Fsp3) is 0.286. The number of hydrogen-bond donors (Lipinski definition) is 0. The van der Waals surface area contributed by atoms with Crippen molar-refractivity contribution < 1.29 is 4.79 Å². The molecule has 3 nitrogen and oxygen atoms in total. The third-order valence-corrected chi connectivity index (χ3v) is 4.02. The standard InChI is InChI=1S/C14H14N2OS/c1-16(13(17)11-7-8-11)14-15-12(9-18-14)10-5-3-2-4-6-10/h2-6,9,11H,7-8H2,1H3. The Hall–Kier alpha value is -1.68. The first-order chi connectivity index (χ1) is 8.75. The molecule has 1 aliphatic carbocycles. The Labute approximate surface area is 110 Å². The quantitative estimate of drug-likeness (QED) is 0.847. The van der Waals surface area contributed by atoms with Gasteiger partial charge in [-0.05, 0) is 12.8 Å². The molecule has 18 heavy (non-hydrogen) atoms. The summed E-state index contributed by atoms with van der Waals surface area (Å²) in [5.74, 6) is 0.433. The van der Waals surface area contributed by atoms with Crippen LogP contribution in [0.3, 0.4) is 0 Å². The number of benzene rings is 1. The molecule has 1 heterocycles. The van der Waals surface area contributed by atoms with Gasteiger partial charge in [0.25, 0.3) is 0 Å². The molecule has 0 aliphatic heterocycles. The zero-order valence-corrected chi connectivity index (χ0v) is 11.0. The van der Waals surface area contributed by atoms with E-state index in [1.807, 2.05) is 42.8 Å². The Morgan fingerprint density at radius 1 is 1.33 bits per heavy atom. The second-order valence-corrected chi connectivity index (χ2v) is 5.39. The van der Waals surface area contributed by atoms with Crippen LogP contribution in [0.2, 0.25) is 0 Å². The first-order valence-corrected chi connectivity index (χ1v) is 6.92. The minimum absolute atomic E-state index is 0.198. The van der Waals surface area contributed by atoms with Gasteiger partial charge in [0.1, 0.15) is 0 Å². The summed E-state index contributed by atoms with van der Waals surface area (Å²) in [6.07, 6.45) is 2.06. The largest absolute Gasteiger partial charge is 0.291 e. The molecule has 2 aromatic rings. The number of amides is 1. The fourth-order valence-electron chi connectivity index (χ4n) is 1.86. The van der Waals surface area contributed by atoms with Gasteiger partial charge in [-0.1, -0.05) is 30.3 Å². The van der Waals surface area contributed by atoms with E-state index in [-0.39, 0.29) is 11.8 Å². The predicted octanol–water partition coefficient (Wildman–Crippen LogP) is 3.18. The van der Waals surface area contributed by atoms with Crippen molar-refractivity contribution in [2.75, 3.05) is 11.9 Å². The maximum atomic E-state index is 11.9. The summed E-state index contributed by atoms with van der Waals surface area (Å²) < 4.78 is 0. The third-order valence-electron chi connectivity index (χ3n) is 3.11. The van der Waals surface area contributed by atoms with E-state index in [0.717, 1.165) is 29.2 Å².